The van der Waals surface area contributed by atoms with Crippen molar-refractivity contribution >= 4 is 23.2 Å². The van der Waals surface area contributed by atoms with Crippen LogP contribution in [0.25, 0.3) is 4.85 Å². The van der Waals surface area contributed by atoms with E-state index < -0.39 is 5.82 Å². The summed E-state index contributed by atoms with van der Waals surface area (Å²) in [6.07, 6.45) is 0.392. The molecule has 0 fully saturated rings. The molecule has 0 aliphatic heterocycles. The van der Waals surface area contributed by atoms with Crippen molar-refractivity contribution in [2.45, 2.75) is 6.42 Å². The Balaban J connectivity index is 2.96. The second kappa shape index (κ2) is 4.40. The van der Waals surface area contributed by atoms with Gasteiger partial charge >= 0.3 is 0 Å². The van der Waals surface area contributed by atoms with E-state index >= 15 is 0 Å². The third kappa shape index (κ3) is 2.55. The molecule has 0 amide bonds. The predicted molar refractivity (Wildman–Crippen MR) is 49.4 cm³/mol. The number of pyridine rings is 1. The van der Waals surface area contributed by atoms with Crippen molar-refractivity contribution in [1.29, 1.82) is 0 Å². The lowest BCUT2D eigenvalue weighted by Crippen LogP contribution is -1.94. The van der Waals surface area contributed by atoms with Gasteiger partial charge in [-0.2, -0.15) is 0 Å². The number of aromatic nitrogens is 1. The lowest BCUT2D eigenvalue weighted by atomic mass is 10.2. The first-order valence-corrected chi connectivity index (χ1v) is 4.24. The average molecular weight is 219 g/mol. The van der Waals surface area contributed by atoms with Crippen molar-refractivity contribution < 1.29 is 4.39 Å². The Morgan fingerprint density at radius 2 is 2.15 bits per heavy atom. The fourth-order valence-corrected chi connectivity index (χ4v) is 1.25. The van der Waals surface area contributed by atoms with Crippen molar-refractivity contribution in [3.63, 3.8) is 0 Å². The van der Waals surface area contributed by atoms with Crippen LogP contribution in [0.3, 0.4) is 0 Å². The van der Waals surface area contributed by atoms with E-state index in [0.717, 1.165) is 0 Å². The molecule has 68 valence electrons. The molecule has 0 aliphatic rings. The van der Waals surface area contributed by atoms with Crippen LogP contribution in [-0.2, 0) is 6.42 Å². The second-order valence-electron chi connectivity index (χ2n) is 2.34. The van der Waals surface area contributed by atoms with E-state index in [0.29, 0.717) is 12.0 Å². The van der Waals surface area contributed by atoms with Crippen LogP contribution >= 0.6 is 23.2 Å². The van der Waals surface area contributed by atoms with Crippen LogP contribution in [0.2, 0.25) is 10.3 Å². The van der Waals surface area contributed by atoms with Gasteiger partial charge in [-0.1, -0.05) is 23.2 Å². The quantitative estimate of drug-likeness (QED) is 0.552. The number of hydrogen-bond donors (Lipinski definition) is 0. The van der Waals surface area contributed by atoms with Crippen molar-refractivity contribution in [3.05, 3.63) is 39.2 Å². The zero-order valence-corrected chi connectivity index (χ0v) is 8.03. The molecule has 0 radical (unpaired) electrons. The summed E-state index contributed by atoms with van der Waals surface area (Å²) in [6.45, 7) is 6.83. The molecule has 1 heterocycles. The summed E-state index contributed by atoms with van der Waals surface area (Å²) in [6, 6.07) is 1.21. The number of hydrogen-bond acceptors (Lipinski definition) is 1. The number of nitrogens with zero attached hydrogens (tertiary/aromatic N) is 2. The highest BCUT2D eigenvalue weighted by Gasteiger charge is 2.08. The van der Waals surface area contributed by atoms with Gasteiger partial charge in [0.05, 0.1) is 0 Å². The molecule has 1 aromatic rings. The van der Waals surface area contributed by atoms with Crippen LogP contribution in [0.5, 0.6) is 0 Å². The summed E-state index contributed by atoms with van der Waals surface area (Å²) in [5, 5.41) is -0.0772. The minimum absolute atomic E-state index is 0.162. The zero-order valence-electron chi connectivity index (χ0n) is 6.52. The normalized spacial score (nSPS) is 9.69. The first-order chi connectivity index (χ1) is 6.15. The summed E-state index contributed by atoms with van der Waals surface area (Å²) in [4.78, 5) is 6.71. The Kier molecular flexibility index (Phi) is 3.47. The van der Waals surface area contributed by atoms with E-state index in [2.05, 4.69) is 9.83 Å². The van der Waals surface area contributed by atoms with Crippen molar-refractivity contribution in [3.8, 4) is 0 Å². The number of halogens is 3. The van der Waals surface area contributed by atoms with Crippen LogP contribution in [0.1, 0.15) is 5.56 Å². The molecule has 0 spiro atoms. The van der Waals surface area contributed by atoms with E-state index in [1.165, 1.54) is 6.07 Å². The number of rotatable bonds is 2. The lowest BCUT2D eigenvalue weighted by molar-refractivity contribution is 0.619. The Bertz CT molecular complexity index is 360. The summed E-state index contributed by atoms with van der Waals surface area (Å²) >= 11 is 11.1. The minimum Gasteiger partial charge on any atom is -0.317 e. The molecule has 0 aliphatic carbocycles. The third-order valence-electron chi connectivity index (χ3n) is 1.45. The maximum atomic E-state index is 12.9. The molecule has 1 aromatic heterocycles. The third-order valence-corrected chi connectivity index (χ3v) is 2.04. The van der Waals surface area contributed by atoms with Gasteiger partial charge in [0.1, 0.15) is 5.15 Å². The predicted octanol–water partition coefficient (Wildman–Crippen LogP) is 2.99. The largest absolute Gasteiger partial charge is 0.317 e. The van der Waals surface area contributed by atoms with Gasteiger partial charge in [-0.05, 0) is 11.6 Å². The highest BCUT2D eigenvalue weighted by Crippen LogP contribution is 2.20. The first-order valence-electron chi connectivity index (χ1n) is 3.48. The summed E-state index contributed by atoms with van der Waals surface area (Å²) in [5.74, 6) is -0.606. The maximum absolute atomic E-state index is 12.9. The van der Waals surface area contributed by atoms with Crippen LogP contribution < -0.4 is 0 Å². The van der Waals surface area contributed by atoms with Crippen LogP contribution in [-0.4, -0.2) is 11.5 Å². The molecule has 5 heteroatoms. The van der Waals surface area contributed by atoms with E-state index in [4.69, 9.17) is 29.8 Å². The topological polar surface area (TPSA) is 17.2 Å². The Hall–Kier alpha value is -0.850. The Labute approximate surface area is 85.1 Å². The molecule has 0 atom stereocenters. The minimum atomic E-state index is -0.606. The first kappa shape index (κ1) is 10.2. The van der Waals surface area contributed by atoms with Gasteiger partial charge in [-0.25, -0.2) is 15.9 Å². The van der Waals surface area contributed by atoms with Crippen molar-refractivity contribution in [1.82, 2.24) is 4.98 Å². The van der Waals surface area contributed by atoms with E-state index in [1.807, 2.05) is 0 Å². The van der Waals surface area contributed by atoms with Gasteiger partial charge in [0.15, 0.2) is 11.0 Å². The Morgan fingerprint density at radius 3 is 2.77 bits per heavy atom. The van der Waals surface area contributed by atoms with E-state index in [1.54, 1.807) is 0 Å². The smallest absolute Gasteiger partial charge is 0.218 e. The Morgan fingerprint density at radius 1 is 1.46 bits per heavy atom. The summed E-state index contributed by atoms with van der Waals surface area (Å²) in [7, 11) is 0. The van der Waals surface area contributed by atoms with E-state index in [-0.39, 0.29) is 16.9 Å². The molecule has 0 unspecified atom stereocenters. The standard InChI is InChI=1S/C8H5Cl2FN2/c1-12-3-2-5-4-6(11)8(10)13-7(5)9/h4H,2-3H2. The van der Waals surface area contributed by atoms with Gasteiger partial charge in [0.2, 0.25) is 6.54 Å². The average Bonchev–Trinajstić information content (AvgIpc) is 2.09. The summed E-state index contributed by atoms with van der Waals surface area (Å²) in [5.41, 5.74) is 0.513. The van der Waals surface area contributed by atoms with Crippen LogP contribution in [0.4, 0.5) is 4.39 Å². The van der Waals surface area contributed by atoms with E-state index in [9.17, 15) is 4.39 Å². The molecule has 1 rings (SSSR count). The highest BCUT2D eigenvalue weighted by atomic mass is 35.5. The van der Waals surface area contributed by atoms with Gasteiger partial charge in [0, 0.05) is 6.42 Å². The van der Waals surface area contributed by atoms with Crippen molar-refractivity contribution in [2.75, 3.05) is 6.54 Å². The summed E-state index contributed by atoms with van der Waals surface area (Å²) < 4.78 is 12.9. The molecule has 13 heavy (non-hydrogen) atoms. The fourth-order valence-electron chi connectivity index (χ4n) is 0.835. The van der Waals surface area contributed by atoms with Gasteiger partial charge in [-0.3, -0.25) is 0 Å². The maximum Gasteiger partial charge on any atom is 0.218 e. The van der Waals surface area contributed by atoms with Gasteiger partial charge < -0.3 is 4.85 Å². The zero-order chi connectivity index (χ0) is 9.84. The SMILES string of the molecule is [C-]#[N+]CCc1cc(F)c(Cl)nc1Cl. The molecule has 0 aromatic carbocycles. The second-order valence-corrected chi connectivity index (χ2v) is 3.06. The van der Waals surface area contributed by atoms with Crippen LogP contribution in [0, 0.1) is 12.4 Å². The molecule has 0 N–H and O–H groups in total. The van der Waals surface area contributed by atoms with Gasteiger partial charge in [0.25, 0.3) is 0 Å². The lowest BCUT2D eigenvalue weighted by Gasteiger charge is -2.00. The molecular formula is C8H5Cl2FN2. The van der Waals surface area contributed by atoms with Gasteiger partial charge in [-0.15, -0.1) is 0 Å². The molecule has 2 nitrogen and oxygen atoms in total. The highest BCUT2D eigenvalue weighted by molar-refractivity contribution is 6.32. The molecular weight excluding hydrogens is 214 g/mol. The molecule has 0 bridgehead atoms. The molecule has 0 saturated carbocycles. The molecule has 0 saturated heterocycles. The monoisotopic (exact) mass is 218 g/mol. The van der Waals surface area contributed by atoms with Crippen molar-refractivity contribution in [2.24, 2.45) is 0 Å². The fraction of sp³-hybridized carbons (Fsp3) is 0.250. The van der Waals surface area contributed by atoms with Crippen LogP contribution in [0.15, 0.2) is 6.07 Å².